The van der Waals surface area contributed by atoms with Crippen molar-refractivity contribution in [3.8, 4) is 0 Å². The van der Waals surface area contributed by atoms with Crippen LogP contribution < -0.4 is 5.32 Å². The summed E-state index contributed by atoms with van der Waals surface area (Å²) in [5.74, 6) is 0.566. The molecule has 0 radical (unpaired) electrons. The van der Waals surface area contributed by atoms with Crippen molar-refractivity contribution in [1.82, 2.24) is 5.32 Å². The molecular weight excluding hydrogens is 210 g/mol. The average molecular weight is 233 g/mol. The topological polar surface area (TPSA) is 21.3 Å². The standard InChI is InChI=1S/C15H23NO/c1-12-8-9-15(17-12)10-14(11-16-2)13-6-4-3-5-7-13/h3-7,12,14-16H,8-11H2,1-2H3. The second-order valence-electron chi connectivity index (χ2n) is 5.05. The molecule has 0 saturated carbocycles. The van der Waals surface area contributed by atoms with E-state index in [0.29, 0.717) is 18.1 Å². The minimum absolute atomic E-state index is 0.448. The molecule has 94 valence electrons. The van der Waals surface area contributed by atoms with Gasteiger partial charge < -0.3 is 10.1 Å². The van der Waals surface area contributed by atoms with Crippen molar-refractivity contribution in [1.29, 1.82) is 0 Å². The largest absolute Gasteiger partial charge is 0.375 e. The van der Waals surface area contributed by atoms with E-state index in [-0.39, 0.29) is 0 Å². The van der Waals surface area contributed by atoms with Crippen LogP contribution in [0.3, 0.4) is 0 Å². The minimum Gasteiger partial charge on any atom is -0.375 e. The van der Waals surface area contributed by atoms with Crippen LogP contribution in [-0.4, -0.2) is 25.8 Å². The van der Waals surface area contributed by atoms with Gasteiger partial charge in [-0.25, -0.2) is 0 Å². The molecule has 0 spiro atoms. The smallest absolute Gasteiger partial charge is 0.0586 e. The van der Waals surface area contributed by atoms with Crippen molar-refractivity contribution >= 4 is 0 Å². The van der Waals surface area contributed by atoms with Gasteiger partial charge in [-0.1, -0.05) is 30.3 Å². The first-order chi connectivity index (χ1) is 8.29. The van der Waals surface area contributed by atoms with Gasteiger partial charge in [-0.15, -0.1) is 0 Å². The van der Waals surface area contributed by atoms with Crippen molar-refractivity contribution in [2.75, 3.05) is 13.6 Å². The fraction of sp³-hybridized carbons (Fsp3) is 0.600. The van der Waals surface area contributed by atoms with Gasteiger partial charge in [0.05, 0.1) is 12.2 Å². The monoisotopic (exact) mass is 233 g/mol. The predicted molar refractivity (Wildman–Crippen MR) is 71.3 cm³/mol. The van der Waals surface area contributed by atoms with Gasteiger partial charge >= 0.3 is 0 Å². The lowest BCUT2D eigenvalue weighted by Gasteiger charge is -2.21. The number of benzene rings is 1. The third-order valence-electron chi connectivity index (χ3n) is 3.59. The van der Waals surface area contributed by atoms with Gasteiger partial charge in [-0.3, -0.25) is 0 Å². The zero-order valence-electron chi connectivity index (χ0n) is 10.9. The molecule has 2 rings (SSSR count). The second-order valence-corrected chi connectivity index (χ2v) is 5.05. The Balaban J connectivity index is 1.98. The molecule has 1 aliphatic rings. The van der Waals surface area contributed by atoms with Crippen molar-refractivity contribution in [3.05, 3.63) is 35.9 Å². The molecule has 1 aromatic carbocycles. The normalized spacial score (nSPS) is 26.0. The van der Waals surface area contributed by atoms with Crippen LogP contribution in [0.4, 0.5) is 0 Å². The molecule has 0 bridgehead atoms. The van der Waals surface area contributed by atoms with Gasteiger partial charge in [0.1, 0.15) is 0 Å². The van der Waals surface area contributed by atoms with Crippen molar-refractivity contribution in [2.45, 2.75) is 44.3 Å². The summed E-state index contributed by atoms with van der Waals surface area (Å²) in [4.78, 5) is 0. The minimum atomic E-state index is 0.448. The molecule has 2 nitrogen and oxygen atoms in total. The number of nitrogens with one attached hydrogen (secondary N) is 1. The average Bonchev–Trinajstić information content (AvgIpc) is 2.75. The highest BCUT2D eigenvalue weighted by Crippen LogP contribution is 2.29. The molecule has 1 aromatic rings. The summed E-state index contributed by atoms with van der Waals surface area (Å²) in [5.41, 5.74) is 1.42. The number of hydrogen-bond acceptors (Lipinski definition) is 2. The van der Waals surface area contributed by atoms with Gasteiger partial charge in [0, 0.05) is 6.54 Å². The summed E-state index contributed by atoms with van der Waals surface area (Å²) in [6, 6.07) is 10.8. The van der Waals surface area contributed by atoms with Crippen LogP contribution in [-0.2, 0) is 4.74 Å². The van der Waals surface area contributed by atoms with Gasteiger partial charge in [0.15, 0.2) is 0 Å². The summed E-state index contributed by atoms with van der Waals surface area (Å²) in [5, 5.41) is 3.30. The van der Waals surface area contributed by atoms with Crippen LogP contribution in [0.15, 0.2) is 30.3 Å². The molecule has 1 saturated heterocycles. The van der Waals surface area contributed by atoms with Crippen LogP contribution in [0.1, 0.15) is 37.7 Å². The molecule has 1 N–H and O–H groups in total. The Hall–Kier alpha value is -0.860. The quantitative estimate of drug-likeness (QED) is 0.844. The van der Waals surface area contributed by atoms with E-state index in [0.717, 1.165) is 13.0 Å². The highest BCUT2D eigenvalue weighted by molar-refractivity contribution is 5.20. The number of likely N-dealkylation sites (N-methyl/N-ethyl adjacent to an activating group) is 1. The van der Waals surface area contributed by atoms with Crippen molar-refractivity contribution in [2.24, 2.45) is 0 Å². The van der Waals surface area contributed by atoms with E-state index < -0.39 is 0 Å². The lowest BCUT2D eigenvalue weighted by molar-refractivity contribution is 0.0467. The molecule has 1 aliphatic heterocycles. The van der Waals surface area contributed by atoms with Crippen LogP contribution in [0.25, 0.3) is 0 Å². The third kappa shape index (κ3) is 3.55. The van der Waals surface area contributed by atoms with E-state index in [2.05, 4.69) is 42.6 Å². The van der Waals surface area contributed by atoms with E-state index in [1.165, 1.54) is 18.4 Å². The maximum Gasteiger partial charge on any atom is 0.0586 e. The highest BCUT2D eigenvalue weighted by Gasteiger charge is 2.25. The van der Waals surface area contributed by atoms with E-state index >= 15 is 0 Å². The maximum absolute atomic E-state index is 5.93. The van der Waals surface area contributed by atoms with Crippen LogP contribution in [0.2, 0.25) is 0 Å². The maximum atomic E-state index is 5.93. The highest BCUT2D eigenvalue weighted by atomic mass is 16.5. The Morgan fingerprint density at radius 3 is 2.65 bits per heavy atom. The Kier molecular flexibility index (Phi) is 4.57. The Morgan fingerprint density at radius 1 is 1.29 bits per heavy atom. The van der Waals surface area contributed by atoms with E-state index in [1.807, 2.05) is 7.05 Å². The lowest BCUT2D eigenvalue weighted by Crippen LogP contribution is -2.22. The molecule has 0 aliphatic carbocycles. The van der Waals surface area contributed by atoms with Crippen LogP contribution >= 0.6 is 0 Å². The molecule has 2 heteroatoms. The summed E-state index contributed by atoms with van der Waals surface area (Å²) in [6.07, 6.45) is 4.46. The first kappa shape index (κ1) is 12.6. The Morgan fingerprint density at radius 2 is 2.06 bits per heavy atom. The first-order valence-corrected chi connectivity index (χ1v) is 6.64. The van der Waals surface area contributed by atoms with Crippen molar-refractivity contribution < 1.29 is 4.74 Å². The van der Waals surface area contributed by atoms with Gasteiger partial charge in [-0.05, 0) is 44.7 Å². The van der Waals surface area contributed by atoms with Crippen LogP contribution in [0, 0.1) is 0 Å². The number of hydrogen-bond donors (Lipinski definition) is 1. The Bertz CT molecular complexity index is 325. The summed E-state index contributed by atoms with van der Waals surface area (Å²) in [6.45, 7) is 3.20. The lowest BCUT2D eigenvalue weighted by atomic mass is 9.92. The number of rotatable bonds is 5. The molecule has 0 amide bonds. The summed E-state index contributed by atoms with van der Waals surface area (Å²) >= 11 is 0. The number of ether oxygens (including phenoxy) is 1. The molecule has 3 unspecified atom stereocenters. The molecule has 1 fully saturated rings. The molecule has 1 heterocycles. The first-order valence-electron chi connectivity index (χ1n) is 6.64. The van der Waals surface area contributed by atoms with Crippen molar-refractivity contribution in [3.63, 3.8) is 0 Å². The molecule has 0 aromatic heterocycles. The van der Waals surface area contributed by atoms with Gasteiger partial charge in [0.2, 0.25) is 0 Å². The molecule has 3 atom stereocenters. The summed E-state index contributed by atoms with van der Waals surface area (Å²) in [7, 11) is 2.02. The van der Waals surface area contributed by atoms with E-state index in [9.17, 15) is 0 Å². The van der Waals surface area contributed by atoms with Gasteiger partial charge in [-0.2, -0.15) is 0 Å². The second kappa shape index (κ2) is 6.18. The summed E-state index contributed by atoms with van der Waals surface area (Å²) < 4.78 is 5.93. The van der Waals surface area contributed by atoms with Crippen LogP contribution in [0.5, 0.6) is 0 Å². The zero-order chi connectivity index (χ0) is 12.1. The third-order valence-corrected chi connectivity index (χ3v) is 3.59. The fourth-order valence-electron chi connectivity index (χ4n) is 2.68. The van der Waals surface area contributed by atoms with E-state index in [1.54, 1.807) is 0 Å². The predicted octanol–water partition coefficient (Wildman–Crippen LogP) is 2.95. The molecule has 17 heavy (non-hydrogen) atoms. The SMILES string of the molecule is CNCC(CC1CCC(C)O1)c1ccccc1. The molecular formula is C15H23NO. The zero-order valence-corrected chi connectivity index (χ0v) is 10.9. The van der Waals surface area contributed by atoms with E-state index in [4.69, 9.17) is 4.74 Å². The Labute approximate surface area is 104 Å². The van der Waals surface area contributed by atoms with Gasteiger partial charge in [0.25, 0.3) is 0 Å². The fourth-order valence-corrected chi connectivity index (χ4v) is 2.68.